The molecule has 0 spiro atoms. The number of aliphatic imine (C=N–C) groups is 1. The summed E-state index contributed by atoms with van der Waals surface area (Å²) >= 11 is 1.62. The second-order valence-electron chi connectivity index (χ2n) is 6.31. The van der Waals surface area contributed by atoms with Gasteiger partial charge in [0.05, 0.1) is 23.8 Å². The fourth-order valence-electron chi connectivity index (χ4n) is 2.49. The Hall–Kier alpha value is -1.56. The van der Waals surface area contributed by atoms with Crippen molar-refractivity contribution in [3.05, 3.63) is 44.9 Å². The van der Waals surface area contributed by atoms with Gasteiger partial charge in [-0.25, -0.2) is 9.98 Å². The van der Waals surface area contributed by atoms with E-state index < -0.39 is 12.8 Å². The van der Waals surface area contributed by atoms with Gasteiger partial charge in [0.15, 0.2) is 12.6 Å². The summed E-state index contributed by atoms with van der Waals surface area (Å²) in [6.45, 7) is 7.79. The van der Waals surface area contributed by atoms with Crippen LogP contribution in [0.25, 0.3) is 0 Å². The molecular weight excluding hydrogens is 516 g/mol. The first kappa shape index (κ1) is 25.5. The molecule has 0 aliphatic heterocycles. The van der Waals surface area contributed by atoms with E-state index in [1.807, 2.05) is 26.8 Å². The van der Waals surface area contributed by atoms with Crippen LogP contribution in [0.1, 0.15) is 33.6 Å². The number of nitrogens with zero attached hydrogens (tertiary/aromatic N) is 2. The summed E-state index contributed by atoms with van der Waals surface area (Å²) in [6.07, 6.45) is -4.38. The van der Waals surface area contributed by atoms with Gasteiger partial charge >= 0.3 is 6.18 Å². The molecule has 0 unspecified atom stereocenters. The molecule has 0 atom stereocenters. The third kappa shape index (κ3) is 8.77. The SMILES string of the molecule is CCNC(=NCc1ccc(C)cc1OCC(F)(F)F)NCc1sc(C)nc1C.I. The smallest absolute Gasteiger partial charge is 0.422 e. The number of rotatable bonds is 7. The van der Waals surface area contributed by atoms with E-state index in [9.17, 15) is 13.2 Å². The van der Waals surface area contributed by atoms with Gasteiger partial charge in [-0.2, -0.15) is 13.2 Å². The normalized spacial score (nSPS) is 11.8. The number of alkyl halides is 3. The predicted octanol–water partition coefficient (Wildman–Crippen LogP) is 4.88. The first-order valence-electron chi connectivity index (χ1n) is 8.92. The first-order valence-corrected chi connectivity index (χ1v) is 9.73. The van der Waals surface area contributed by atoms with Crippen molar-refractivity contribution in [2.45, 2.75) is 47.0 Å². The first-order chi connectivity index (χ1) is 13.2. The number of hydrogen-bond acceptors (Lipinski definition) is 4. The summed E-state index contributed by atoms with van der Waals surface area (Å²) in [6, 6.07) is 5.17. The summed E-state index contributed by atoms with van der Waals surface area (Å²) in [5, 5.41) is 7.38. The van der Waals surface area contributed by atoms with Crippen LogP contribution >= 0.6 is 35.3 Å². The molecule has 2 aromatic rings. The molecule has 1 heterocycles. The summed E-state index contributed by atoms with van der Waals surface area (Å²) in [5.74, 6) is 0.779. The van der Waals surface area contributed by atoms with Gasteiger partial charge in [-0.3, -0.25) is 0 Å². The van der Waals surface area contributed by atoms with Crippen molar-refractivity contribution in [3.8, 4) is 5.75 Å². The fraction of sp³-hybridized carbons (Fsp3) is 0.474. The number of nitrogens with one attached hydrogen (secondary N) is 2. The van der Waals surface area contributed by atoms with Gasteiger partial charge in [0.25, 0.3) is 0 Å². The molecule has 0 aliphatic rings. The molecule has 2 N–H and O–H groups in total. The van der Waals surface area contributed by atoms with Gasteiger partial charge in [0, 0.05) is 17.0 Å². The van der Waals surface area contributed by atoms with Crippen LogP contribution in [-0.4, -0.2) is 30.3 Å². The van der Waals surface area contributed by atoms with E-state index in [-0.39, 0.29) is 36.3 Å². The lowest BCUT2D eigenvalue weighted by Crippen LogP contribution is -2.36. The Bertz CT molecular complexity index is 824. The summed E-state index contributed by atoms with van der Waals surface area (Å²) in [7, 11) is 0. The van der Waals surface area contributed by atoms with Gasteiger partial charge in [0.1, 0.15) is 5.75 Å². The molecule has 0 bridgehead atoms. The average Bonchev–Trinajstić information content (AvgIpc) is 2.93. The Kier molecular flexibility index (Phi) is 10.2. The number of halogens is 4. The highest BCUT2D eigenvalue weighted by Crippen LogP contribution is 2.24. The molecule has 1 aromatic heterocycles. The molecule has 5 nitrogen and oxygen atoms in total. The van der Waals surface area contributed by atoms with Crippen LogP contribution in [0, 0.1) is 20.8 Å². The van der Waals surface area contributed by atoms with Crippen molar-refractivity contribution >= 4 is 41.3 Å². The van der Waals surface area contributed by atoms with Crippen molar-refractivity contribution in [1.29, 1.82) is 0 Å². The summed E-state index contributed by atoms with van der Waals surface area (Å²) in [4.78, 5) is 10.0. The minimum absolute atomic E-state index is 0. The second kappa shape index (κ2) is 11.6. The third-order valence-electron chi connectivity index (χ3n) is 3.78. The molecule has 0 fully saturated rings. The summed E-state index contributed by atoms with van der Waals surface area (Å²) < 4.78 is 42.5. The van der Waals surface area contributed by atoms with Crippen molar-refractivity contribution in [2.75, 3.05) is 13.2 Å². The zero-order valence-electron chi connectivity index (χ0n) is 16.8. The van der Waals surface area contributed by atoms with Crippen molar-refractivity contribution in [2.24, 2.45) is 4.99 Å². The Balaban J connectivity index is 0.00000420. The molecule has 29 heavy (non-hydrogen) atoms. The topological polar surface area (TPSA) is 58.5 Å². The highest BCUT2D eigenvalue weighted by molar-refractivity contribution is 14.0. The molecule has 162 valence electrons. The van der Waals surface area contributed by atoms with Crippen LogP contribution in [-0.2, 0) is 13.1 Å². The van der Waals surface area contributed by atoms with Crippen LogP contribution in [0.15, 0.2) is 23.2 Å². The Morgan fingerprint density at radius 2 is 1.93 bits per heavy atom. The highest BCUT2D eigenvalue weighted by Gasteiger charge is 2.28. The Morgan fingerprint density at radius 1 is 1.21 bits per heavy atom. The van der Waals surface area contributed by atoms with Crippen LogP contribution in [0.5, 0.6) is 5.75 Å². The molecule has 0 aliphatic carbocycles. The number of aromatic nitrogens is 1. The number of guanidine groups is 1. The fourth-order valence-corrected chi connectivity index (χ4v) is 3.37. The molecule has 10 heteroatoms. The molecule has 0 saturated heterocycles. The number of ether oxygens (including phenoxy) is 1. The number of aryl methyl sites for hydroxylation is 3. The van der Waals surface area contributed by atoms with Crippen molar-refractivity contribution in [3.63, 3.8) is 0 Å². The molecule has 0 radical (unpaired) electrons. The van der Waals surface area contributed by atoms with Gasteiger partial charge in [-0.15, -0.1) is 35.3 Å². The van der Waals surface area contributed by atoms with E-state index in [2.05, 4.69) is 20.6 Å². The van der Waals surface area contributed by atoms with E-state index in [0.29, 0.717) is 24.6 Å². The number of hydrogen-bond donors (Lipinski definition) is 2. The van der Waals surface area contributed by atoms with Crippen molar-refractivity contribution in [1.82, 2.24) is 15.6 Å². The largest absolute Gasteiger partial charge is 0.484 e. The molecule has 0 amide bonds. The predicted molar refractivity (Wildman–Crippen MR) is 121 cm³/mol. The Morgan fingerprint density at radius 3 is 2.52 bits per heavy atom. The molecular formula is C19H26F3IN4OS. The second-order valence-corrected chi connectivity index (χ2v) is 7.59. The van der Waals surface area contributed by atoms with Crippen LogP contribution in [0.3, 0.4) is 0 Å². The molecule has 1 aromatic carbocycles. The van der Waals surface area contributed by atoms with Crippen molar-refractivity contribution < 1.29 is 17.9 Å². The maximum Gasteiger partial charge on any atom is 0.422 e. The third-order valence-corrected chi connectivity index (χ3v) is 4.85. The van der Waals surface area contributed by atoms with Gasteiger partial charge in [0.2, 0.25) is 0 Å². The van der Waals surface area contributed by atoms with E-state index in [1.54, 1.807) is 30.4 Å². The monoisotopic (exact) mass is 542 g/mol. The average molecular weight is 542 g/mol. The van der Waals surface area contributed by atoms with E-state index in [0.717, 1.165) is 21.1 Å². The Labute approximate surface area is 190 Å². The maximum absolute atomic E-state index is 12.5. The molecule has 2 rings (SSSR count). The quantitative estimate of drug-likeness (QED) is 0.298. The van der Waals surface area contributed by atoms with Gasteiger partial charge in [-0.05, 0) is 39.3 Å². The zero-order valence-corrected chi connectivity index (χ0v) is 20.0. The number of thiazole rings is 1. The number of benzene rings is 1. The van der Waals surface area contributed by atoms with Gasteiger partial charge < -0.3 is 15.4 Å². The van der Waals surface area contributed by atoms with Crippen LogP contribution < -0.4 is 15.4 Å². The lowest BCUT2D eigenvalue weighted by Gasteiger charge is -2.14. The lowest BCUT2D eigenvalue weighted by atomic mass is 10.1. The maximum atomic E-state index is 12.5. The zero-order chi connectivity index (χ0) is 20.7. The van der Waals surface area contributed by atoms with E-state index >= 15 is 0 Å². The highest BCUT2D eigenvalue weighted by atomic mass is 127. The van der Waals surface area contributed by atoms with E-state index in [4.69, 9.17) is 4.74 Å². The summed E-state index contributed by atoms with van der Waals surface area (Å²) in [5.41, 5.74) is 2.40. The minimum Gasteiger partial charge on any atom is -0.484 e. The van der Waals surface area contributed by atoms with E-state index in [1.165, 1.54) is 0 Å². The minimum atomic E-state index is -4.38. The molecule has 0 saturated carbocycles. The standard InChI is InChI=1S/C19H25F3N4OS.HI/c1-5-23-18(25-10-17-13(3)26-14(4)28-17)24-9-15-7-6-12(2)8-16(15)27-11-19(20,21)22;/h6-8H,5,9-11H2,1-4H3,(H2,23,24,25);1H. The van der Waals surface area contributed by atoms with Crippen LogP contribution in [0.2, 0.25) is 0 Å². The van der Waals surface area contributed by atoms with Gasteiger partial charge in [-0.1, -0.05) is 12.1 Å². The lowest BCUT2D eigenvalue weighted by molar-refractivity contribution is -0.153. The van der Waals surface area contributed by atoms with Crippen LogP contribution in [0.4, 0.5) is 13.2 Å².